The van der Waals surface area contributed by atoms with Crippen LogP contribution in [-0.2, 0) is 11.3 Å². The highest BCUT2D eigenvalue weighted by atomic mass is 32.2. The zero-order chi connectivity index (χ0) is 20.2. The number of rotatable bonds is 4. The van der Waals surface area contributed by atoms with Crippen molar-refractivity contribution in [3.8, 4) is 0 Å². The lowest BCUT2D eigenvalue weighted by molar-refractivity contribution is -0.112. The highest BCUT2D eigenvalue weighted by molar-refractivity contribution is 8.04. The third kappa shape index (κ3) is 4.55. The third-order valence-corrected chi connectivity index (χ3v) is 5.51. The van der Waals surface area contributed by atoms with Crippen LogP contribution in [-0.4, -0.2) is 11.8 Å². The molecule has 0 saturated carbocycles. The molecule has 4 rings (SSSR count). The van der Waals surface area contributed by atoms with Gasteiger partial charge in [0.15, 0.2) is 0 Å². The molecule has 29 heavy (non-hydrogen) atoms. The minimum atomic E-state index is -0.307. The number of para-hydroxylation sites is 1. The van der Waals surface area contributed by atoms with Crippen molar-refractivity contribution in [1.29, 1.82) is 0 Å². The number of carbonyl (C=O) groups is 2. The zero-order valence-electron chi connectivity index (χ0n) is 15.3. The molecular formula is C23H17FN2O2S. The molecule has 1 aliphatic rings. The molecule has 6 heteroatoms. The molecule has 0 aliphatic carbocycles. The first-order chi connectivity index (χ1) is 14.1. The molecule has 4 nitrogen and oxygen atoms in total. The Morgan fingerprint density at radius 3 is 2.48 bits per heavy atom. The molecule has 1 aliphatic heterocycles. The van der Waals surface area contributed by atoms with Crippen molar-refractivity contribution < 1.29 is 14.0 Å². The Bertz CT molecular complexity index is 1090. The van der Waals surface area contributed by atoms with Crippen LogP contribution in [0.1, 0.15) is 21.5 Å². The Morgan fingerprint density at radius 1 is 1.00 bits per heavy atom. The predicted molar refractivity (Wildman–Crippen MR) is 113 cm³/mol. The molecule has 0 unspecified atom stereocenters. The van der Waals surface area contributed by atoms with Crippen molar-refractivity contribution in [3.05, 3.63) is 100 Å². The van der Waals surface area contributed by atoms with E-state index in [1.807, 2.05) is 24.3 Å². The van der Waals surface area contributed by atoms with Crippen LogP contribution in [0.2, 0.25) is 0 Å². The molecule has 2 amide bonds. The van der Waals surface area contributed by atoms with Gasteiger partial charge in [-0.2, -0.15) is 0 Å². The maximum absolute atomic E-state index is 12.9. The van der Waals surface area contributed by atoms with Crippen molar-refractivity contribution >= 4 is 35.3 Å². The van der Waals surface area contributed by atoms with Crippen molar-refractivity contribution in [2.75, 3.05) is 5.32 Å². The Balaban J connectivity index is 1.42. The maximum atomic E-state index is 12.9. The fraction of sp³-hybridized carbons (Fsp3) is 0.0435. The lowest BCUT2D eigenvalue weighted by atomic mass is 10.1. The summed E-state index contributed by atoms with van der Waals surface area (Å²) in [6.45, 7) is 0.321. The second kappa shape index (κ2) is 8.32. The Morgan fingerprint density at radius 2 is 1.72 bits per heavy atom. The predicted octanol–water partition coefficient (Wildman–Crippen LogP) is 4.84. The van der Waals surface area contributed by atoms with Gasteiger partial charge in [0, 0.05) is 17.0 Å². The van der Waals surface area contributed by atoms with Crippen molar-refractivity contribution in [2.24, 2.45) is 0 Å². The van der Waals surface area contributed by atoms with Gasteiger partial charge in [0.2, 0.25) is 0 Å². The van der Waals surface area contributed by atoms with Crippen LogP contribution >= 0.6 is 11.8 Å². The molecule has 3 aromatic rings. The van der Waals surface area contributed by atoms with E-state index in [0.717, 1.165) is 21.7 Å². The van der Waals surface area contributed by atoms with Crippen molar-refractivity contribution in [1.82, 2.24) is 5.32 Å². The largest absolute Gasteiger partial charge is 0.348 e. The first kappa shape index (κ1) is 19.0. The molecule has 0 spiro atoms. The minimum Gasteiger partial charge on any atom is -0.348 e. The van der Waals surface area contributed by atoms with E-state index in [1.54, 1.807) is 42.5 Å². The van der Waals surface area contributed by atoms with Crippen LogP contribution < -0.4 is 10.6 Å². The van der Waals surface area contributed by atoms with E-state index >= 15 is 0 Å². The molecule has 144 valence electrons. The highest BCUT2D eigenvalue weighted by Gasteiger charge is 2.20. The average Bonchev–Trinajstić information content (AvgIpc) is 2.74. The quantitative estimate of drug-likeness (QED) is 0.612. The van der Waals surface area contributed by atoms with Gasteiger partial charge in [-0.05, 0) is 53.6 Å². The average molecular weight is 404 g/mol. The number of halogens is 1. The molecule has 3 aromatic carbocycles. The first-order valence-corrected chi connectivity index (χ1v) is 9.83. The number of anilines is 1. The first-order valence-electron chi connectivity index (χ1n) is 9.01. The summed E-state index contributed by atoms with van der Waals surface area (Å²) in [6, 6.07) is 20.7. The monoisotopic (exact) mass is 404 g/mol. The Labute approximate surface area is 171 Å². The second-order valence-electron chi connectivity index (χ2n) is 6.49. The number of carbonyl (C=O) groups excluding carboxylic acids is 2. The summed E-state index contributed by atoms with van der Waals surface area (Å²) in [5.41, 5.74) is 2.98. The van der Waals surface area contributed by atoms with E-state index in [-0.39, 0.29) is 17.6 Å². The molecule has 0 fully saturated rings. The smallest absolute Gasteiger partial charge is 0.262 e. The summed E-state index contributed by atoms with van der Waals surface area (Å²) >= 11 is 1.42. The number of fused-ring (bicyclic) bond motifs is 1. The highest BCUT2D eigenvalue weighted by Crippen LogP contribution is 2.38. The van der Waals surface area contributed by atoms with Gasteiger partial charge in [0.1, 0.15) is 5.82 Å². The summed E-state index contributed by atoms with van der Waals surface area (Å²) in [4.78, 5) is 26.2. The van der Waals surface area contributed by atoms with Crippen LogP contribution in [0, 0.1) is 5.82 Å². The fourth-order valence-electron chi connectivity index (χ4n) is 2.87. The van der Waals surface area contributed by atoms with Gasteiger partial charge in [0.25, 0.3) is 11.8 Å². The molecule has 0 aromatic heterocycles. The van der Waals surface area contributed by atoms with Crippen LogP contribution in [0.25, 0.3) is 6.08 Å². The molecule has 0 saturated heterocycles. The van der Waals surface area contributed by atoms with Gasteiger partial charge >= 0.3 is 0 Å². The van der Waals surface area contributed by atoms with Crippen LogP contribution in [0.4, 0.5) is 10.1 Å². The zero-order valence-corrected chi connectivity index (χ0v) is 16.1. The van der Waals surface area contributed by atoms with E-state index in [9.17, 15) is 14.0 Å². The summed E-state index contributed by atoms with van der Waals surface area (Å²) in [7, 11) is 0. The summed E-state index contributed by atoms with van der Waals surface area (Å²) < 4.78 is 12.9. The number of thioether (sulfide) groups is 1. The number of amides is 2. The van der Waals surface area contributed by atoms with Crippen LogP contribution in [0.3, 0.4) is 0 Å². The van der Waals surface area contributed by atoms with Gasteiger partial charge < -0.3 is 10.6 Å². The van der Waals surface area contributed by atoms with Gasteiger partial charge in [-0.1, -0.05) is 48.2 Å². The second-order valence-corrected chi connectivity index (χ2v) is 7.58. The van der Waals surface area contributed by atoms with Gasteiger partial charge in [-0.3, -0.25) is 9.59 Å². The summed E-state index contributed by atoms with van der Waals surface area (Å²) in [6.07, 6.45) is 1.80. The minimum absolute atomic E-state index is 0.144. The van der Waals surface area contributed by atoms with E-state index < -0.39 is 0 Å². The van der Waals surface area contributed by atoms with E-state index in [2.05, 4.69) is 10.6 Å². The topological polar surface area (TPSA) is 58.2 Å². The SMILES string of the molecule is O=C1Nc2ccccc2SC1=Cc1ccc(C(=O)NCc2ccc(F)cc2)cc1. The van der Waals surface area contributed by atoms with Crippen LogP contribution in [0.5, 0.6) is 0 Å². The molecule has 0 atom stereocenters. The number of benzene rings is 3. The Hall–Kier alpha value is -3.38. The Kier molecular flexibility index (Phi) is 5.44. The summed E-state index contributed by atoms with van der Waals surface area (Å²) in [5, 5.41) is 5.69. The third-order valence-electron chi connectivity index (χ3n) is 4.42. The summed E-state index contributed by atoms with van der Waals surface area (Å²) in [5.74, 6) is -0.667. The molecule has 2 N–H and O–H groups in total. The fourth-order valence-corrected chi connectivity index (χ4v) is 3.82. The van der Waals surface area contributed by atoms with Crippen molar-refractivity contribution in [2.45, 2.75) is 11.4 Å². The van der Waals surface area contributed by atoms with E-state index in [1.165, 1.54) is 23.9 Å². The number of hydrogen-bond donors (Lipinski definition) is 2. The normalized spacial score (nSPS) is 14.2. The number of nitrogens with one attached hydrogen (secondary N) is 2. The lowest BCUT2D eigenvalue weighted by Gasteiger charge is -2.18. The number of hydrogen-bond acceptors (Lipinski definition) is 3. The standard InChI is InChI=1S/C23H17FN2O2S/c24-18-11-7-16(8-12-18)14-25-22(27)17-9-5-15(6-10-17)13-21-23(28)26-19-3-1-2-4-20(19)29-21/h1-13H,14H2,(H,25,27)(H,26,28). The van der Waals surface area contributed by atoms with Gasteiger partial charge in [-0.15, -0.1) is 0 Å². The molecule has 1 heterocycles. The van der Waals surface area contributed by atoms with Crippen LogP contribution in [0.15, 0.2) is 82.6 Å². The van der Waals surface area contributed by atoms with E-state index in [0.29, 0.717) is 17.0 Å². The molecular weight excluding hydrogens is 387 g/mol. The van der Waals surface area contributed by atoms with Crippen molar-refractivity contribution in [3.63, 3.8) is 0 Å². The molecule has 0 radical (unpaired) electrons. The molecule has 0 bridgehead atoms. The van der Waals surface area contributed by atoms with E-state index in [4.69, 9.17) is 0 Å². The maximum Gasteiger partial charge on any atom is 0.262 e. The van der Waals surface area contributed by atoms with Gasteiger partial charge in [0.05, 0.1) is 10.6 Å². The van der Waals surface area contributed by atoms with Gasteiger partial charge in [-0.25, -0.2) is 4.39 Å². The lowest BCUT2D eigenvalue weighted by Crippen LogP contribution is -2.22.